The SMILES string of the molecule is CC(C)C(NC(=O)C1CCC(F)(F)C1)C(N)=NO. The van der Waals surface area contributed by atoms with E-state index in [1.54, 1.807) is 13.8 Å². The highest BCUT2D eigenvalue weighted by molar-refractivity contribution is 5.90. The van der Waals surface area contributed by atoms with Crippen molar-refractivity contribution >= 4 is 11.7 Å². The van der Waals surface area contributed by atoms with Crippen molar-refractivity contribution in [1.82, 2.24) is 5.32 Å². The van der Waals surface area contributed by atoms with Crippen molar-refractivity contribution < 1.29 is 18.8 Å². The maximum atomic E-state index is 13.0. The third-order valence-corrected chi connectivity index (χ3v) is 3.17. The van der Waals surface area contributed by atoms with Crippen molar-refractivity contribution in [3.8, 4) is 0 Å². The summed E-state index contributed by atoms with van der Waals surface area (Å²) in [6.07, 6.45) is -0.527. The number of hydrogen-bond acceptors (Lipinski definition) is 3. The standard InChI is InChI=1S/C11H19F2N3O2/c1-6(2)8(9(14)16-18)15-10(17)7-3-4-11(12,13)5-7/h6-8,18H,3-5H2,1-2H3,(H2,14,16)(H,15,17). The number of hydrogen-bond donors (Lipinski definition) is 3. The zero-order valence-electron chi connectivity index (χ0n) is 10.5. The fourth-order valence-electron chi connectivity index (χ4n) is 2.09. The van der Waals surface area contributed by atoms with Crippen LogP contribution in [0.5, 0.6) is 0 Å². The molecule has 1 fully saturated rings. The molecule has 0 aromatic rings. The van der Waals surface area contributed by atoms with Gasteiger partial charge in [-0.1, -0.05) is 19.0 Å². The Kier molecular flexibility index (Phi) is 4.48. The molecule has 7 heteroatoms. The molecule has 1 aliphatic carbocycles. The van der Waals surface area contributed by atoms with Crippen molar-refractivity contribution in [3.05, 3.63) is 0 Å². The van der Waals surface area contributed by atoms with Gasteiger partial charge in [-0.2, -0.15) is 0 Å². The molecule has 0 aliphatic heterocycles. The Morgan fingerprint density at radius 1 is 1.56 bits per heavy atom. The normalized spacial score (nSPS) is 25.2. The minimum absolute atomic E-state index is 0.0910. The molecule has 0 spiro atoms. The lowest BCUT2D eigenvalue weighted by Crippen LogP contribution is -2.49. The quantitative estimate of drug-likeness (QED) is 0.309. The average Bonchev–Trinajstić information content (AvgIpc) is 2.64. The summed E-state index contributed by atoms with van der Waals surface area (Å²) in [7, 11) is 0. The van der Waals surface area contributed by atoms with Crippen LogP contribution in [-0.4, -0.2) is 28.9 Å². The summed E-state index contributed by atoms with van der Waals surface area (Å²) < 4.78 is 26.0. The monoisotopic (exact) mass is 263 g/mol. The van der Waals surface area contributed by atoms with Gasteiger partial charge >= 0.3 is 0 Å². The van der Waals surface area contributed by atoms with E-state index in [1.165, 1.54) is 0 Å². The Labute approximate surface area is 104 Å². The predicted molar refractivity (Wildman–Crippen MR) is 62.5 cm³/mol. The van der Waals surface area contributed by atoms with Gasteiger partial charge in [-0.25, -0.2) is 8.78 Å². The molecule has 1 rings (SSSR count). The number of halogens is 2. The number of rotatable bonds is 4. The topological polar surface area (TPSA) is 87.7 Å². The Balaban J connectivity index is 2.63. The second-order valence-corrected chi connectivity index (χ2v) is 5.05. The van der Waals surface area contributed by atoms with Crippen molar-refractivity contribution in [2.45, 2.75) is 45.1 Å². The van der Waals surface area contributed by atoms with Gasteiger partial charge in [0.2, 0.25) is 11.8 Å². The van der Waals surface area contributed by atoms with Crippen LogP contribution in [0.2, 0.25) is 0 Å². The minimum atomic E-state index is -2.76. The third kappa shape index (κ3) is 3.54. The first-order chi connectivity index (χ1) is 8.26. The molecule has 1 saturated carbocycles. The van der Waals surface area contributed by atoms with Crippen molar-refractivity contribution in [1.29, 1.82) is 0 Å². The zero-order chi connectivity index (χ0) is 13.9. The lowest BCUT2D eigenvalue weighted by Gasteiger charge is -2.22. The largest absolute Gasteiger partial charge is 0.409 e. The summed E-state index contributed by atoms with van der Waals surface area (Å²) in [5, 5.41) is 14.0. The molecule has 0 aromatic heterocycles. The number of nitrogens with zero attached hydrogens (tertiary/aromatic N) is 1. The molecule has 2 atom stereocenters. The fourth-order valence-corrected chi connectivity index (χ4v) is 2.09. The molecular weight excluding hydrogens is 244 g/mol. The van der Waals surface area contributed by atoms with Crippen LogP contribution in [0.4, 0.5) is 8.78 Å². The third-order valence-electron chi connectivity index (χ3n) is 3.17. The molecule has 18 heavy (non-hydrogen) atoms. The van der Waals surface area contributed by atoms with E-state index in [0.717, 1.165) is 0 Å². The number of carbonyl (C=O) groups excluding carboxylic acids is 1. The van der Waals surface area contributed by atoms with Gasteiger partial charge in [0.15, 0.2) is 5.84 Å². The number of amidine groups is 1. The molecule has 0 bridgehead atoms. The first-order valence-corrected chi connectivity index (χ1v) is 5.92. The van der Waals surface area contributed by atoms with Crippen LogP contribution in [0.1, 0.15) is 33.1 Å². The van der Waals surface area contributed by atoms with Gasteiger partial charge in [0, 0.05) is 18.8 Å². The van der Waals surface area contributed by atoms with Gasteiger partial charge in [0.1, 0.15) is 0 Å². The summed E-state index contributed by atoms with van der Waals surface area (Å²) in [6.45, 7) is 3.57. The van der Waals surface area contributed by atoms with Crippen LogP contribution in [-0.2, 0) is 4.79 Å². The lowest BCUT2D eigenvalue weighted by atomic mass is 10.0. The molecule has 0 saturated heterocycles. The molecule has 1 amide bonds. The minimum Gasteiger partial charge on any atom is -0.409 e. The van der Waals surface area contributed by atoms with E-state index in [9.17, 15) is 13.6 Å². The van der Waals surface area contributed by atoms with E-state index < -0.39 is 30.2 Å². The van der Waals surface area contributed by atoms with Crippen LogP contribution in [0.15, 0.2) is 5.16 Å². The Hall–Kier alpha value is -1.40. The van der Waals surface area contributed by atoms with E-state index >= 15 is 0 Å². The second kappa shape index (κ2) is 5.49. The molecule has 2 unspecified atom stereocenters. The van der Waals surface area contributed by atoms with Crippen LogP contribution >= 0.6 is 0 Å². The summed E-state index contributed by atoms with van der Waals surface area (Å²) in [5.41, 5.74) is 5.46. The number of carbonyl (C=O) groups is 1. The van der Waals surface area contributed by atoms with E-state index in [2.05, 4.69) is 10.5 Å². The van der Waals surface area contributed by atoms with Crippen LogP contribution in [0.3, 0.4) is 0 Å². The molecule has 0 aromatic carbocycles. The van der Waals surface area contributed by atoms with Crippen molar-refractivity contribution in [3.63, 3.8) is 0 Å². The van der Waals surface area contributed by atoms with Gasteiger partial charge in [-0.3, -0.25) is 4.79 Å². The molecule has 4 N–H and O–H groups in total. The molecule has 1 aliphatic rings. The van der Waals surface area contributed by atoms with Gasteiger partial charge in [-0.05, 0) is 12.3 Å². The lowest BCUT2D eigenvalue weighted by molar-refractivity contribution is -0.126. The summed E-state index contributed by atoms with van der Waals surface area (Å²) in [6, 6.07) is -0.642. The maximum Gasteiger partial charge on any atom is 0.248 e. The van der Waals surface area contributed by atoms with E-state index in [-0.39, 0.29) is 24.6 Å². The zero-order valence-corrected chi connectivity index (χ0v) is 10.5. The second-order valence-electron chi connectivity index (χ2n) is 5.05. The predicted octanol–water partition coefficient (Wildman–Crippen LogP) is 1.31. The summed E-state index contributed by atoms with van der Waals surface area (Å²) in [4.78, 5) is 11.8. The molecular formula is C11H19F2N3O2. The highest BCUT2D eigenvalue weighted by Crippen LogP contribution is 2.38. The van der Waals surface area contributed by atoms with Crippen molar-refractivity contribution in [2.24, 2.45) is 22.7 Å². The van der Waals surface area contributed by atoms with Gasteiger partial charge < -0.3 is 16.3 Å². The molecule has 104 valence electrons. The first-order valence-electron chi connectivity index (χ1n) is 5.92. The first kappa shape index (κ1) is 14.7. The highest BCUT2D eigenvalue weighted by atomic mass is 19.3. The van der Waals surface area contributed by atoms with Crippen LogP contribution < -0.4 is 11.1 Å². The van der Waals surface area contributed by atoms with E-state index in [0.29, 0.717) is 0 Å². The Morgan fingerprint density at radius 3 is 2.56 bits per heavy atom. The smallest absolute Gasteiger partial charge is 0.248 e. The Bertz CT molecular complexity index is 345. The number of amides is 1. The maximum absolute atomic E-state index is 13.0. The number of oxime groups is 1. The van der Waals surface area contributed by atoms with Crippen molar-refractivity contribution in [2.75, 3.05) is 0 Å². The number of nitrogens with two attached hydrogens (primary N) is 1. The fraction of sp³-hybridized carbons (Fsp3) is 0.818. The van der Waals surface area contributed by atoms with E-state index in [1.807, 2.05) is 0 Å². The van der Waals surface area contributed by atoms with Crippen LogP contribution in [0.25, 0.3) is 0 Å². The summed E-state index contributed by atoms with van der Waals surface area (Å²) in [5.74, 6) is -4.13. The summed E-state index contributed by atoms with van der Waals surface area (Å²) >= 11 is 0. The van der Waals surface area contributed by atoms with Gasteiger partial charge in [0.05, 0.1) is 6.04 Å². The van der Waals surface area contributed by atoms with E-state index in [4.69, 9.17) is 10.9 Å². The average molecular weight is 263 g/mol. The van der Waals surface area contributed by atoms with Gasteiger partial charge in [0.25, 0.3) is 0 Å². The number of alkyl halides is 2. The molecule has 0 radical (unpaired) electrons. The molecule has 5 nitrogen and oxygen atoms in total. The number of nitrogens with one attached hydrogen (secondary N) is 1. The Morgan fingerprint density at radius 2 is 2.17 bits per heavy atom. The van der Waals surface area contributed by atoms with Crippen LogP contribution in [0, 0.1) is 11.8 Å². The molecule has 0 heterocycles. The highest BCUT2D eigenvalue weighted by Gasteiger charge is 2.43. The van der Waals surface area contributed by atoms with Gasteiger partial charge in [-0.15, -0.1) is 0 Å².